The number of thiazole rings is 2. The molecule has 0 atom stereocenters. The average molecular weight is 511 g/mol. The zero-order chi connectivity index (χ0) is 23.7. The van der Waals surface area contributed by atoms with Gasteiger partial charge in [0.15, 0.2) is 0 Å². The van der Waals surface area contributed by atoms with Crippen LogP contribution in [0.3, 0.4) is 0 Å². The predicted octanol–water partition coefficient (Wildman–Crippen LogP) is 8.44. The van der Waals surface area contributed by atoms with E-state index in [2.05, 4.69) is 47.4 Å². The summed E-state index contributed by atoms with van der Waals surface area (Å²) in [5, 5.41) is 20.8. The summed E-state index contributed by atoms with van der Waals surface area (Å²) in [5.41, 5.74) is 2.71. The molecule has 0 unspecified atom stereocenters. The Labute approximate surface area is 212 Å². The van der Waals surface area contributed by atoms with Gasteiger partial charge in [0, 0.05) is 19.2 Å². The van der Waals surface area contributed by atoms with Crippen LogP contribution in [0.25, 0.3) is 55.1 Å². The minimum absolute atomic E-state index is 0.512. The lowest BCUT2D eigenvalue weighted by molar-refractivity contribution is 1.34. The summed E-state index contributed by atoms with van der Waals surface area (Å²) in [4.78, 5) is 12.0. The largest absolute Gasteiger partial charge is 0.235 e. The minimum atomic E-state index is 0.512. The van der Waals surface area contributed by atoms with Gasteiger partial charge in [-0.1, -0.05) is 25.3 Å². The molecule has 4 nitrogen and oxygen atoms in total. The minimum Gasteiger partial charge on any atom is -0.235 e. The van der Waals surface area contributed by atoms with E-state index in [-0.39, 0.29) is 0 Å². The number of benzene rings is 1. The van der Waals surface area contributed by atoms with E-state index in [4.69, 9.17) is 0 Å². The zero-order valence-corrected chi connectivity index (χ0v) is 20.9. The molecule has 1 aromatic carbocycles. The van der Waals surface area contributed by atoms with Crippen molar-refractivity contribution in [3.05, 3.63) is 79.9 Å². The lowest BCUT2D eigenvalue weighted by atomic mass is 10.2. The summed E-state index contributed by atoms with van der Waals surface area (Å²) in [7, 11) is 0. The van der Waals surface area contributed by atoms with Crippen molar-refractivity contribution in [2.75, 3.05) is 0 Å². The molecule has 0 aliphatic heterocycles. The summed E-state index contributed by atoms with van der Waals surface area (Å²) in [5.74, 6) is 0. The van der Waals surface area contributed by atoms with E-state index in [1.807, 2.05) is 36.4 Å². The van der Waals surface area contributed by atoms with Crippen LogP contribution < -0.4 is 0 Å². The number of aromatic nitrogens is 2. The van der Waals surface area contributed by atoms with Crippen LogP contribution in [0, 0.1) is 22.7 Å². The molecule has 0 radical (unpaired) electrons. The van der Waals surface area contributed by atoms with Crippen molar-refractivity contribution in [2.24, 2.45) is 0 Å². The average Bonchev–Trinajstić information content (AvgIpc) is 3.61. The molecule has 0 bridgehead atoms. The maximum absolute atomic E-state index is 9.73. The standard InChI is InChI=1S/C26H14N4S4/c1-3-19-21(4-2)33-25(29-19)15(13-27)9-17-11-23-24(31-17)12-18(32-23)10-16(14-28)26-30-20-7-5-6-8-22(20)34-26/h3-12H,1-2H2/b15-9+,16-10+. The smallest absolute Gasteiger partial charge is 0.135 e. The Balaban J connectivity index is 1.46. The molecule has 0 aliphatic carbocycles. The van der Waals surface area contributed by atoms with Gasteiger partial charge >= 0.3 is 0 Å². The first-order chi connectivity index (χ1) is 16.6. The third-order valence-corrected chi connectivity index (χ3v) is 9.23. The Morgan fingerprint density at radius 3 is 1.91 bits per heavy atom. The van der Waals surface area contributed by atoms with Crippen molar-refractivity contribution in [3.63, 3.8) is 0 Å². The summed E-state index contributed by atoms with van der Waals surface area (Å²) in [6, 6.07) is 16.6. The van der Waals surface area contributed by atoms with E-state index in [0.29, 0.717) is 16.2 Å². The fraction of sp³-hybridized carbons (Fsp3) is 0. The molecule has 0 amide bonds. The first-order valence-corrected chi connectivity index (χ1v) is 13.3. The van der Waals surface area contributed by atoms with Gasteiger partial charge in [-0.15, -0.1) is 45.3 Å². The number of fused-ring (bicyclic) bond motifs is 2. The van der Waals surface area contributed by atoms with E-state index in [1.165, 1.54) is 22.7 Å². The van der Waals surface area contributed by atoms with Crippen LogP contribution in [0.5, 0.6) is 0 Å². The van der Waals surface area contributed by atoms with Gasteiger partial charge in [-0.25, -0.2) is 9.97 Å². The summed E-state index contributed by atoms with van der Waals surface area (Å²) in [6.07, 6.45) is 7.17. The highest BCUT2D eigenvalue weighted by molar-refractivity contribution is 7.28. The van der Waals surface area contributed by atoms with Crippen LogP contribution in [-0.2, 0) is 0 Å². The Kier molecular flexibility index (Phi) is 6.06. The Bertz CT molecular complexity index is 1630. The van der Waals surface area contributed by atoms with Crippen molar-refractivity contribution in [1.29, 1.82) is 10.5 Å². The molecule has 0 fully saturated rings. The van der Waals surface area contributed by atoms with Crippen molar-refractivity contribution in [3.8, 4) is 12.1 Å². The second kappa shape index (κ2) is 9.30. The van der Waals surface area contributed by atoms with E-state index in [0.717, 1.165) is 44.9 Å². The molecule has 5 aromatic rings. The lowest BCUT2D eigenvalue weighted by Crippen LogP contribution is -1.80. The fourth-order valence-electron chi connectivity index (χ4n) is 3.32. The highest BCUT2D eigenvalue weighted by Gasteiger charge is 2.13. The number of allylic oxidation sites excluding steroid dienone is 2. The number of nitriles is 2. The van der Waals surface area contributed by atoms with Gasteiger partial charge < -0.3 is 0 Å². The Hall–Kier alpha value is -3.66. The topological polar surface area (TPSA) is 73.4 Å². The predicted molar refractivity (Wildman–Crippen MR) is 149 cm³/mol. The number of hydrogen-bond acceptors (Lipinski definition) is 8. The molecule has 4 aromatic heterocycles. The third-order valence-electron chi connectivity index (χ3n) is 4.87. The molecule has 5 rings (SSSR count). The van der Waals surface area contributed by atoms with Crippen molar-refractivity contribution in [2.45, 2.75) is 0 Å². The first-order valence-electron chi connectivity index (χ1n) is 10.0. The molecular formula is C26H14N4S4. The normalized spacial score (nSPS) is 12.1. The Morgan fingerprint density at radius 1 is 0.765 bits per heavy atom. The summed E-state index contributed by atoms with van der Waals surface area (Å²) < 4.78 is 3.29. The number of thiophene rings is 2. The van der Waals surface area contributed by atoms with Crippen LogP contribution in [-0.4, -0.2) is 9.97 Å². The second-order valence-electron chi connectivity index (χ2n) is 7.03. The van der Waals surface area contributed by atoms with Crippen LogP contribution in [0.2, 0.25) is 0 Å². The van der Waals surface area contributed by atoms with Gasteiger partial charge in [0.1, 0.15) is 22.2 Å². The van der Waals surface area contributed by atoms with Gasteiger partial charge in [-0.05, 0) is 48.6 Å². The van der Waals surface area contributed by atoms with Crippen LogP contribution in [0.1, 0.15) is 30.3 Å². The van der Waals surface area contributed by atoms with Gasteiger partial charge in [0.2, 0.25) is 0 Å². The highest BCUT2D eigenvalue weighted by Crippen LogP contribution is 2.37. The number of nitrogens with zero attached hydrogens (tertiary/aromatic N) is 4. The molecule has 0 saturated carbocycles. The van der Waals surface area contributed by atoms with Gasteiger partial charge in [0.25, 0.3) is 0 Å². The SMILES string of the molecule is C=Cc1nc(/C(C#N)=C/c2cc3sc(/C=C(\C#N)c4nc5ccccc5s4)cc3s2)sc1C=C. The molecule has 4 heterocycles. The number of para-hydroxylation sites is 1. The van der Waals surface area contributed by atoms with Gasteiger partial charge in [0.05, 0.1) is 31.9 Å². The van der Waals surface area contributed by atoms with Crippen LogP contribution in [0.15, 0.2) is 49.6 Å². The lowest BCUT2D eigenvalue weighted by Gasteiger charge is -1.92. The zero-order valence-electron chi connectivity index (χ0n) is 17.6. The molecule has 34 heavy (non-hydrogen) atoms. The van der Waals surface area contributed by atoms with E-state index < -0.39 is 0 Å². The van der Waals surface area contributed by atoms with E-state index in [9.17, 15) is 10.5 Å². The molecule has 0 aliphatic rings. The van der Waals surface area contributed by atoms with Crippen LogP contribution >= 0.6 is 45.3 Å². The third kappa shape index (κ3) is 4.16. The van der Waals surface area contributed by atoms with E-state index >= 15 is 0 Å². The maximum atomic E-state index is 9.73. The second-order valence-corrected chi connectivity index (χ2v) is 11.3. The molecular weight excluding hydrogens is 497 g/mol. The van der Waals surface area contributed by atoms with Gasteiger partial charge in [-0.3, -0.25) is 0 Å². The first kappa shape index (κ1) is 22.1. The number of hydrogen-bond donors (Lipinski definition) is 0. The molecule has 162 valence electrons. The highest BCUT2D eigenvalue weighted by atomic mass is 32.1. The Morgan fingerprint density at radius 2 is 1.38 bits per heavy atom. The molecule has 8 heteroatoms. The molecule has 0 spiro atoms. The molecule has 0 N–H and O–H groups in total. The quantitative estimate of drug-likeness (QED) is 0.215. The summed E-state index contributed by atoms with van der Waals surface area (Å²) >= 11 is 6.18. The van der Waals surface area contributed by atoms with E-state index in [1.54, 1.807) is 34.8 Å². The number of rotatable bonds is 6. The maximum Gasteiger partial charge on any atom is 0.135 e. The monoisotopic (exact) mass is 510 g/mol. The van der Waals surface area contributed by atoms with Crippen molar-refractivity contribution >= 4 is 100 Å². The van der Waals surface area contributed by atoms with Crippen molar-refractivity contribution < 1.29 is 0 Å². The molecule has 0 saturated heterocycles. The summed E-state index contributed by atoms with van der Waals surface area (Å²) in [6.45, 7) is 7.58. The van der Waals surface area contributed by atoms with Crippen molar-refractivity contribution in [1.82, 2.24) is 9.97 Å². The fourth-order valence-corrected chi connectivity index (χ4v) is 7.44. The van der Waals surface area contributed by atoms with Gasteiger partial charge in [-0.2, -0.15) is 10.5 Å². The van der Waals surface area contributed by atoms with Crippen LogP contribution in [0.4, 0.5) is 0 Å².